The highest BCUT2D eigenvalue weighted by Gasteiger charge is 2.14. The molecule has 20 heavy (non-hydrogen) atoms. The Morgan fingerprint density at radius 3 is 2.50 bits per heavy atom. The van der Waals surface area contributed by atoms with Crippen LogP contribution < -0.4 is 5.32 Å². The van der Waals surface area contributed by atoms with E-state index in [4.69, 9.17) is 9.47 Å². The van der Waals surface area contributed by atoms with Crippen LogP contribution >= 0.6 is 0 Å². The molecule has 0 bridgehead atoms. The van der Waals surface area contributed by atoms with E-state index in [1.807, 2.05) is 6.92 Å². The molecule has 0 aromatic rings. The highest BCUT2D eigenvalue weighted by molar-refractivity contribution is 4.70. The molecular formula is C15H32N2O3. The fourth-order valence-corrected chi connectivity index (χ4v) is 2.58. The minimum atomic E-state index is -0.451. The average molecular weight is 288 g/mol. The number of rotatable bonds is 11. The first kappa shape index (κ1) is 17.9. The molecule has 5 heteroatoms. The van der Waals surface area contributed by atoms with Crippen LogP contribution in [0.15, 0.2) is 0 Å². The van der Waals surface area contributed by atoms with Gasteiger partial charge in [-0.05, 0) is 45.3 Å². The molecular weight excluding hydrogens is 256 g/mol. The monoisotopic (exact) mass is 288 g/mol. The third-order valence-electron chi connectivity index (χ3n) is 3.62. The van der Waals surface area contributed by atoms with Gasteiger partial charge >= 0.3 is 0 Å². The van der Waals surface area contributed by atoms with E-state index < -0.39 is 6.10 Å². The van der Waals surface area contributed by atoms with Gasteiger partial charge in [0.25, 0.3) is 0 Å². The normalized spacial score (nSPS) is 21.0. The maximum absolute atomic E-state index is 9.82. The van der Waals surface area contributed by atoms with E-state index in [1.54, 1.807) is 7.11 Å². The van der Waals surface area contributed by atoms with Crippen LogP contribution in [0.3, 0.4) is 0 Å². The van der Waals surface area contributed by atoms with Crippen molar-refractivity contribution in [2.45, 2.75) is 38.9 Å². The first-order valence-corrected chi connectivity index (χ1v) is 7.83. The van der Waals surface area contributed by atoms with Crippen molar-refractivity contribution in [1.82, 2.24) is 10.2 Å². The van der Waals surface area contributed by atoms with Crippen molar-refractivity contribution >= 4 is 0 Å². The first-order valence-electron chi connectivity index (χ1n) is 7.83. The highest BCUT2D eigenvalue weighted by Crippen LogP contribution is 2.09. The van der Waals surface area contributed by atoms with Gasteiger partial charge in [0.2, 0.25) is 0 Å². The van der Waals surface area contributed by atoms with Crippen molar-refractivity contribution in [1.29, 1.82) is 0 Å². The lowest BCUT2D eigenvalue weighted by atomic mass is 10.1. The second kappa shape index (κ2) is 10.5. The number of hydrogen-bond acceptors (Lipinski definition) is 5. The topological polar surface area (TPSA) is 54.0 Å². The molecule has 1 aliphatic heterocycles. The Morgan fingerprint density at radius 1 is 1.15 bits per heavy atom. The molecule has 0 aliphatic carbocycles. The zero-order chi connectivity index (χ0) is 14.8. The van der Waals surface area contributed by atoms with E-state index in [0.29, 0.717) is 25.7 Å². The Labute approximate surface area is 123 Å². The fourth-order valence-electron chi connectivity index (χ4n) is 2.58. The molecule has 0 saturated carbocycles. The van der Waals surface area contributed by atoms with Crippen molar-refractivity contribution < 1.29 is 14.6 Å². The number of ether oxygens (including phenoxy) is 2. The number of aliphatic hydroxyl groups is 1. The zero-order valence-electron chi connectivity index (χ0n) is 13.3. The lowest BCUT2D eigenvalue weighted by Gasteiger charge is -2.21. The summed E-state index contributed by atoms with van der Waals surface area (Å²) in [5.74, 6) is 0.619. The smallest absolute Gasteiger partial charge is 0.0897 e. The summed E-state index contributed by atoms with van der Waals surface area (Å²) in [5, 5.41) is 13.2. The SMILES string of the molecule is COCC(C)OCC(O)CNCC(C)CN1CCCC1. The molecule has 0 aromatic carbocycles. The minimum absolute atomic E-state index is 0.0312. The quantitative estimate of drug-likeness (QED) is 0.587. The summed E-state index contributed by atoms with van der Waals surface area (Å²) < 4.78 is 10.5. The molecule has 0 radical (unpaired) electrons. The molecule has 1 heterocycles. The van der Waals surface area contributed by atoms with Crippen LogP contribution in [0, 0.1) is 5.92 Å². The molecule has 5 nitrogen and oxygen atoms in total. The summed E-state index contributed by atoms with van der Waals surface area (Å²) in [6.45, 7) is 10.3. The largest absolute Gasteiger partial charge is 0.389 e. The van der Waals surface area contributed by atoms with Gasteiger partial charge in [-0.1, -0.05) is 6.92 Å². The van der Waals surface area contributed by atoms with Crippen LogP contribution in [-0.4, -0.2) is 75.3 Å². The second-order valence-corrected chi connectivity index (χ2v) is 6.02. The summed E-state index contributed by atoms with van der Waals surface area (Å²) in [6, 6.07) is 0. The summed E-state index contributed by atoms with van der Waals surface area (Å²) in [7, 11) is 1.65. The van der Waals surface area contributed by atoms with Crippen LogP contribution in [-0.2, 0) is 9.47 Å². The van der Waals surface area contributed by atoms with Gasteiger partial charge in [-0.15, -0.1) is 0 Å². The Kier molecular flexibility index (Phi) is 9.39. The van der Waals surface area contributed by atoms with Gasteiger partial charge in [0.05, 0.1) is 25.4 Å². The number of hydrogen-bond donors (Lipinski definition) is 2. The van der Waals surface area contributed by atoms with E-state index in [0.717, 1.165) is 13.1 Å². The molecule has 1 aliphatic rings. The number of nitrogens with zero attached hydrogens (tertiary/aromatic N) is 1. The molecule has 0 amide bonds. The molecule has 0 spiro atoms. The summed E-state index contributed by atoms with van der Waals surface area (Å²) >= 11 is 0. The van der Waals surface area contributed by atoms with E-state index in [-0.39, 0.29) is 6.10 Å². The van der Waals surface area contributed by atoms with Gasteiger partial charge in [-0.3, -0.25) is 0 Å². The summed E-state index contributed by atoms with van der Waals surface area (Å²) in [4.78, 5) is 2.53. The average Bonchev–Trinajstić information content (AvgIpc) is 2.89. The van der Waals surface area contributed by atoms with E-state index in [9.17, 15) is 5.11 Å². The zero-order valence-corrected chi connectivity index (χ0v) is 13.3. The third-order valence-corrected chi connectivity index (χ3v) is 3.62. The van der Waals surface area contributed by atoms with Gasteiger partial charge in [-0.2, -0.15) is 0 Å². The van der Waals surface area contributed by atoms with Crippen molar-refractivity contribution in [2.75, 3.05) is 53.0 Å². The van der Waals surface area contributed by atoms with Crippen LogP contribution in [0.1, 0.15) is 26.7 Å². The molecule has 3 atom stereocenters. The third kappa shape index (κ3) is 8.17. The maximum Gasteiger partial charge on any atom is 0.0897 e. The van der Waals surface area contributed by atoms with Gasteiger partial charge in [0.15, 0.2) is 0 Å². The maximum atomic E-state index is 9.82. The van der Waals surface area contributed by atoms with Crippen LogP contribution in [0.5, 0.6) is 0 Å². The second-order valence-electron chi connectivity index (χ2n) is 6.02. The summed E-state index contributed by atoms with van der Waals surface area (Å²) in [5.41, 5.74) is 0. The Hall–Kier alpha value is -0.200. The Morgan fingerprint density at radius 2 is 1.85 bits per heavy atom. The van der Waals surface area contributed by atoms with E-state index in [1.165, 1.54) is 25.9 Å². The molecule has 2 N–H and O–H groups in total. The highest BCUT2D eigenvalue weighted by atomic mass is 16.5. The number of nitrogens with one attached hydrogen (secondary N) is 1. The van der Waals surface area contributed by atoms with Crippen molar-refractivity contribution in [3.63, 3.8) is 0 Å². The van der Waals surface area contributed by atoms with Gasteiger partial charge in [0, 0.05) is 20.2 Å². The molecule has 3 unspecified atom stereocenters. The number of methoxy groups -OCH3 is 1. The Bertz CT molecular complexity index is 235. The predicted molar refractivity (Wildman–Crippen MR) is 81.0 cm³/mol. The van der Waals surface area contributed by atoms with Crippen molar-refractivity contribution in [2.24, 2.45) is 5.92 Å². The van der Waals surface area contributed by atoms with Crippen molar-refractivity contribution in [3.05, 3.63) is 0 Å². The lowest BCUT2D eigenvalue weighted by molar-refractivity contribution is -0.0312. The van der Waals surface area contributed by atoms with Crippen LogP contribution in [0.4, 0.5) is 0 Å². The van der Waals surface area contributed by atoms with E-state index in [2.05, 4.69) is 17.1 Å². The number of likely N-dealkylation sites (tertiary alicyclic amines) is 1. The van der Waals surface area contributed by atoms with E-state index >= 15 is 0 Å². The van der Waals surface area contributed by atoms with Crippen LogP contribution in [0.2, 0.25) is 0 Å². The van der Waals surface area contributed by atoms with Gasteiger partial charge in [0.1, 0.15) is 0 Å². The first-order chi connectivity index (χ1) is 9.61. The molecule has 120 valence electrons. The number of aliphatic hydroxyl groups excluding tert-OH is 1. The Balaban J connectivity index is 1.98. The molecule has 1 rings (SSSR count). The predicted octanol–water partition coefficient (Wildman–Crippen LogP) is 0.720. The van der Waals surface area contributed by atoms with Crippen molar-refractivity contribution in [3.8, 4) is 0 Å². The van der Waals surface area contributed by atoms with Gasteiger partial charge < -0.3 is 24.8 Å². The summed E-state index contributed by atoms with van der Waals surface area (Å²) in [6.07, 6.45) is 2.27. The molecule has 1 saturated heterocycles. The molecule has 1 fully saturated rings. The van der Waals surface area contributed by atoms with Gasteiger partial charge in [-0.25, -0.2) is 0 Å². The fraction of sp³-hybridized carbons (Fsp3) is 1.00. The minimum Gasteiger partial charge on any atom is -0.389 e. The van der Waals surface area contributed by atoms with Crippen LogP contribution in [0.25, 0.3) is 0 Å². The standard InChI is InChI=1S/C15H32N2O3/c1-13(10-17-6-4-5-7-17)8-16-9-15(18)12-20-14(2)11-19-3/h13-16,18H,4-12H2,1-3H3. The molecule has 0 aromatic heterocycles. The lowest BCUT2D eigenvalue weighted by Crippen LogP contribution is -2.37.